The number of carbonyl (C=O) groups excluding carboxylic acids is 1. The Morgan fingerprint density at radius 1 is 1.35 bits per heavy atom. The summed E-state index contributed by atoms with van der Waals surface area (Å²) in [5.41, 5.74) is 0.431. The summed E-state index contributed by atoms with van der Waals surface area (Å²) < 4.78 is 4.74. The molecule has 7 heteroatoms. The molecule has 0 radical (unpaired) electrons. The molecule has 0 saturated carbocycles. The van der Waals surface area contributed by atoms with Gasteiger partial charge in [0, 0.05) is 18.1 Å². The predicted molar refractivity (Wildman–Crippen MR) is 69.3 cm³/mol. The number of benzene rings is 1. The lowest BCUT2D eigenvalue weighted by atomic mass is 9.87. The maximum Gasteiger partial charge on any atom is 0.320 e. The Bertz CT molecular complexity index is 510. The van der Waals surface area contributed by atoms with Gasteiger partial charge in [-0.05, 0) is 12.5 Å². The van der Waals surface area contributed by atoms with E-state index in [1.807, 2.05) is 0 Å². The highest BCUT2D eigenvalue weighted by atomic mass is 16.6. The predicted octanol–water partition coefficient (Wildman–Crippen LogP) is 1.96. The minimum Gasteiger partial charge on any atom is -0.481 e. The van der Waals surface area contributed by atoms with E-state index in [-0.39, 0.29) is 12.3 Å². The first kappa shape index (κ1) is 15.6. The highest BCUT2D eigenvalue weighted by molar-refractivity contribution is 5.95. The van der Waals surface area contributed by atoms with Gasteiger partial charge >= 0.3 is 11.9 Å². The zero-order chi connectivity index (χ0) is 15.3. The average molecular weight is 281 g/mol. The number of esters is 1. The third-order valence-electron chi connectivity index (χ3n) is 2.94. The van der Waals surface area contributed by atoms with E-state index in [0.717, 1.165) is 0 Å². The number of carboxylic acids is 1. The molecule has 0 aliphatic heterocycles. The van der Waals surface area contributed by atoms with E-state index in [1.54, 1.807) is 13.8 Å². The molecular formula is C13H15NO6. The molecule has 1 aromatic rings. The Morgan fingerprint density at radius 2 is 1.90 bits per heavy atom. The van der Waals surface area contributed by atoms with Crippen LogP contribution in [0, 0.1) is 16.0 Å². The molecule has 0 heterocycles. The second kappa shape index (κ2) is 6.65. The molecule has 0 saturated heterocycles. The van der Waals surface area contributed by atoms with Gasteiger partial charge in [-0.15, -0.1) is 0 Å². The lowest BCUT2D eigenvalue weighted by Gasteiger charge is -2.18. The molecule has 2 unspecified atom stereocenters. The Kier molecular flexibility index (Phi) is 5.19. The topological polar surface area (TPSA) is 107 Å². The van der Waals surface area contributed by atoms with Crippen LogP contribution in [0.5, 0.6) is 0 Å². The van der Waals surface area contributed by atoms with Crippen molar-refractivity contribution in [3.63, 3.8) is 0 Å². The molecule has 0 fully saturated rings. The van der Waals surface area contributed by atoms with Crippen LogP contribution in [0.2, 0.25) is 0 Å². The maximum atomic E-state index is 11.7. The Hall–Kier alpha value is -2.44. The van der Waals surface area contributed by atoms with Gasteiger partial charge in [0.1, 0.15) is 0 Å². The molecule has 0 aromatic heterocycles. The minimum atomic E-state index is -1.34. The van der Waals surface area contributed by atoms with Crippen LogP contribution in [0.15, 0.2) is 24.3 Å². The van der Waals surface area contributed by atoms with E-state index >= 15 is 0 Å². The molecule has 20 heavy (non-hydrogen) atoms. The SMILES string of the molecule is CCOC(=O)C(C(=O)O)C(C)c1ccc([N+](=O)[O-])cc1. The molecule has 0 amide bonds. The summed E-state index contributed by atoms with van der Waals surface area (Å²) in [6.45, 7) is 3.25. The average Bonchev–Trinajstić information content (AvgIpc) is 2.38. The van der Waals surface area contributed by atoms with Crippen molar-refractivity contribution in [1.29, 1.82) is 0 Å². The molecular weight excluding hydrogens is 266 g/mol. The summed E-state index contributed by atoms with van der Waals surface area (Å²) in [6, 6.07) is 5.43. The quantitative estimate of drug-likeness (QED) is 0.369. The maximum absolute atomic E-state index is 11.7. The van der Waals surface area contributed by atoms with Gasteiger partial charge < -0.3 is 9.84 Å². The smallest absolute Gasteiger partial charge is 0.320 e. The Labute approximate surface area is 115 Å². The number of ether oxygens (including phenoxy) is 1. The number of non-ortho nitro benzene ring substituents is 1. The zero-order valence-electron chi connectivity index (χ0n) is 11.1. The van der Waals surface area contributed by atoms with E-state index in [2.05, 4.69) is 0 Å². The van der Waals surface area contributed by atoms with Crippen molar-refractivity contribution < 1.29 is 24.4 Å². The van der Waals surface area contributed by atoms with Crippen LogP contribution in [0.4, 0.5) is 5.69 Å². The number of carboxylic acid groups (broad SMARTS) is 1. The molecule has 2 atom stereocenters. The number of hydrogen-bond acceptors (Lipinski definition) is 5. The third kappa shape index (κ3) is 3.53. The molecule has 0 aliphatic rings. The highest BCUT2D eigenvalue weighted by Crippen LogP contribution is 2.27. The lowest BCUT2D eigenvalue weighted by molar-refractivity contribution is -0.384. The molecule has 0 aliphatic carbocycles. The van der Waals surface area contributed by atoms with Gasteiger partial charge in [0.15, 0.2) is 5.92 Å². The first-order valence-corrected chi connectivity index (χ1v) is 6.02. The number of hydrogen-bond donors (Lipinski definition) is 1. The fraction of sp³-hybridized carbons (Fsp3) is 0.385. The number of nitro groups is 1. The summed E-state index contributed by atoms with van der Waals surface area (Å²) in [7, 11) is 0. The second-order valence-electron chi connectivity index (χ2n) is 4.21. The van der Waals surface area contributed by atoms with Gasteiger partial charge in [0.05, 0.1) is 11.5 Å². The first-order valence-electron chi connectivity index (χ1n) is 6.02. The standard InChI is InChI=1S/C13H15NO6/c1-3-20-13(17)11(12(15)16)8(2)9-4-6-10(7-5-9)14(18)19/h4-8,11H,3H2,1-2H3,(H,15,16). The largest absolute Gasteiger partial charge is 0.481 e. The van der Waals surface area contributed by atoms with Gasteiger partial charge in [0.2, 0.25) is 0 Å². The van der Waals surface area contributed by atoms with Crippen LogP contribution < -0.4 is 0 Å². The number of rotatable bonds is 6. The van der Waals surface area contributed by atoms with Gasteiger partial charge in [-0.1, -0.05) is 19.1 Å². The number of carbonyl (C=O) groups is 2. The highest BCUT2D eigenvalue weighted by Gasteiger charge is 2.34. The lowest BCUT2D eigenvalue weighted by Crippen LogP contribution is -2.30. The summed E-state index contributed by atoms with van der Waals surface area (Å²) in [5.74, 6) is -4.08. The van der Waals surface area contributed by atoms with Crippen LogP contribution in [0.1, 0.15) is 25.3 Å². The van der Waals surface area contributed by atoms with Crippen molar-refractivity contribution >= 4 is 17.6 Å². The zero-order valence-corrected chi connectivity index (χ0v) is 11.1. The van der Waals surface area contributed by atoms with Crippen LogP contribution in [-0.2, 0) is 14.3 Å². The van der Waals surface area contributed by atoms with E-state index in [0.29, 0.717) is 5.56 Å². The van der Waals surface area contributed by atoms with E-state index < -0.39 is 28.7 Å². The molecule has 1 rings (SSSR count). The molecule has 108 valence electrons. The number of aliphatic carboxylic acids is 1. The van der Waals surface area contributed by atoms with Crippen LogP contribution in [0.25, 0.3) is 0 Å². The number of nitro benzene ring substituents is 1. The fourth-order valence-electron chi connectivity index (χ4n) is 1.84. The number of nitrogens with zero attached hydrogens (tertiary/aromatic N) is 1. The van der Waals surface area contributed by atoms with Crippen molar-refractivity contribution in [2.24, 2.45) is 5.92 Å². The van der Waals surface area contributed by atoms with E-state index in [1.165, 1.54) is 24.3 Å². The van der Waals surface area contributed by atoms with Crippen LogP contribution in [0.3, 0.4) is 0 Å². The van der Waals surface area contributed by atoms with E-state index in [9.17, 15) is 19.7 Å². The van der Waals surface area contributed by atoms with Gasteiger partial charge in [0.25, 0.3) is 5.69 Å². The summed E-state index contributed by atoms with van der Waals surface area (Å²) >= 11 is 0. The molecule has 0 spiro atoms. The van der Waals surface area contributed by atoms with Gasteiger partial charge in [-0.2, -0.15) is 0 Å². The monoisotopic (exact) mass is 281 g/mol. The fourth-order valence-corrected chi connectivity index (χ4v) is 1.84. The molecule has 7 nitrogen and oxygen atoms in total. The van der Waals surface area contributed by atoms with Crippen molar-refractivity contribution in [2.45, 2.75) is 19.8 Å². The molecule has 0 bridgehead atoms. The molecule has 1 aromatic carbocycles. The minimum absolute atomic E-state index is 0.0929. The molecule has 1 N–H and O–H groups in total. The van der Waals surface area contributed by atoms with Crippen molar-refractivity contribution in [2.75, 3.05) is 6.61 Å². The van der Waals surface area contributed by atoms with Crippen molar-refractivity contribution in [3.05, 3.63) is 39.9 Å². The summed E-state index contributed by atoms with van der Waals surface area (Å²) in [5, 5.41) is 19.7. The van der Waals surface area contributed by atoms with Crippen molar-refractivity contribution in [1.82, 2.24) is 0 Å². The second-order valence-corrected chi connectivity index (χ2v) is 4.21. The summed E-state index contributed by atoms with van der Waals surface area (Å²) in [6.07, 6.45) is 0. The van der Waals surface area contributed by atoms with Crippen LogP contribution in [-0.4, -0.2) is 28.6 Å². The van der Waals surface area contributed by atoms with Gasteiger partial charge in [-0.3, -0.25) is 19.7 Å². The first-order chi connectivity index (χ1) is 9.38. The van der Waals surface area contributed by atoms with Crippen molar-refractivity contribution in [3.8, 4) is 0 Å². The normalized spacial score (nSPS) is 13.3. The van der Waals surface area contributed by atoms with E-state index in [4.69, 9.17) is 9.84 Å². The Balaban J connectivity index is 3.00. The van der Waals surface area contributed by atoms with Gasteiger partial charge in [-0.25, -0.2) is 0 Å². The third-order valence-corrected chi connectivity index (χ3v) is 2.94. The Morgan fingerprint density at radius 3 is 2.30 bits per heavy atom. The van der Waals surface area contributed by atoms with Crippen LogP contribution >= 0.6 is 0 Å². The summed E-state index contributed by atoms with van der Waals surface area (Å²) in [4.78, 5) is 32.9.